The molecule has 3 nitrogen and oxygen atoms in total. The minimum Gasteiger partial charge on any atom is -0.380 e. The van der Waals surface area contributed by atoms with Crippen molar-refractivity contribution in [3.8, 4) is 0 Å². The summed E-state index contributed by atoms with van der Waals surface area (Å²) in [6.07, 6.45) is 1.11. The minimum absolute atomic E-state index is 0.0960. The zero-order valence-corrected chi connectivity index (χ0v) is 12.4. The lowest BCUT2D eigenvalue weighted by atomic mass is 9.94. The van der Waals surface area contributed by atoms with E-state index in [1.165, 1.54) is 22.3 Å². The number of aryl methyl sites for hydroxylation is 3. The SMILES string of the molecule is Cc1cc(C)c(C(N)CN2CCCOCC2)c(C)c1. The molecule has 3 heteroatoms. The Morgan fingerprint density at radius 1 is 1.16 bits per heavy atom. The summed E-state index contributed by atoms with van der Waals surface area (Å²) < 4.78 is 5.49. The van der Waals surface area contributed by atoms with Gasteiger partial charge in [-0.05, 0) is 43.9 Å². The van der Waals surface area contributed by atoms with Crippen LogP contribution in [0.3, 0.4) is 0 Å². The van der Waals surface area contributed by atoms with E-state index >= 15 is 0 Å². The van der Waals surface area contributed by atoms with E-state index in [4.69, 9.17) is 10.5 Å². The zero-order chi connectivity index (χ0) is 13.8. The molecule has 0 spiro atoms. The van der Waals surface area contributed by atoms with Gasteiger partial charge in [0.25, 0.3) is 0 Å². The third-order valence-electron chi connectivity index (χ3n) is 3.88. The molecule has 1 unspecified atom stereocenters. The Labute approximate surface area is 116 Å². The summed E-state index contributed by atoms with van der Waals surface area (Å²) in [6.45, 7) is 11.2. The smallest absolute Gasteiger partial charge is 0.0593 e. The Morgan fingerprint density at radius 2 is 1.84 bits per heavy atom. The lowest BCUT2D eigenvalue weighted by Crippen LogP contribution is -2.34. The van der Waals surface area contributed by atoms with Gasteiger partial charge in [0.05, 0.1) is 6.61 Å². The Bertz CT molecular complexity index is 400. The van der Waals surface area contributed by atoms with Gasteiger partial charge in [0.2, 0.25) is 0 Å². The van der Waals surface area contributed by atoms with Gasteiger partial charge in [0.15, 0.2) is 0 Å². The highest BCUT2D eigenvalue weighted by molar-refractivity contribution is 5.39. The largest absolute Gasteiger partial charge is 0.380 e. The molecule has 1 fully saturated rings. The van der Waals surface area contributed by atoms with Crippen molar-refractivity contribution >= 4 is 0 Å². The maximum Gasteiger partial charge on any atom is 0.0593 e. The molecule has 0 aliphatic carbocycles. The van der Waals surface area contributed by atoms with Gasteiger partial charge < -0.3 is 10.5 Å². The zero-order valence-electron chi connectivity index (χ0n) is 12.4. The molecule has 1 aliphatic heterocycles. The van der Waals surface area contributed by atoms with E-state index < -0.39 is 0 Å². The molecule has 106 valence electrons. The molecule has 0 amide bonds. The van der Waals surface area contributed by atoms with E-state index in [9.17, 15) is 0 Å². The number of benzene rings is 1. The van der Waals surface area contributed by atoms with E-state index in [1.54, 1.807) is 0 Å². The third kappa shape index (κ3) is 3.78. The summed E-state index contributed by atoms with van der Waals surface area (Å²) in [5.74, 6) is 0. The van der Waals surface area contributed by atoms with E-state index in [-0.39, 0.29) is 6.04 Å². The van der Waals surface area contributed by atoms with Crippen LogP contribution in [-0.4, -0.2) is 37.7 Å². The topological polar surface area (TPSA) is 38.5 Å². The number of nitrogens with two attached hydrogens (primary N) is 1. The lowest BCUT2D eigenvalue weighted by molar-refractivity contribution is 0.140. The fraction of sp³-hybridized carbons (Fsp3) is 0.625. The van der Waals surface area contributed by atoms with Crippen LogP contribution in [0.15, 0.2) is 12.1 Å². The average molecular weight is 262 g/mol. The highest BCUT2D eigenvalue weighted by Crippen LogP contribution is 2.23. The maximum absolute atomic E-state index is 6.45. The summed E-state index contributed by atoms with van der Waals surface area (Å²) >= 11 is 0. The van der Waals surface area contributed by atoms with Crippen LogP contribution in [0.1, 0.15) is 34.7 Å². The van der Waals surface area contributed by atoms with Gasteiger partial charge in [-0.3, -0.25) is 4.90 Å². The first-order valence-corrected chi connectivity index (χ1v) is 7.21. The van der Waals surface area contributed by atoms with Gasteiger partial charge in [-0.2, -0.15) is 0 Å². The lowest BCUT2D eigenvalue weighted by Gasteiger charge is -2.26. The van der Waals surface area contributed by atoms with Crippen molar-refractivity contribution in [2.75, 3.05) is 32.8 Å². The molecular weight excluding hydrogens is 236 g/mol. The molecule has 0 saturated carbocycles. The van der Waals surface area contributed by atoms with Crippen molar-refractivity contribution in [1.82, 2.24) is 4.90 Å². The van der Waals surface area contributed by atoms with Crippen molar-refractivity contribution in [3.63, 3.8) is 0 Å². The predicted molar refractivity (Wildman–Crippen MR) is 79.5 cm³/mol. The summed E-state index contributed by atoms with van der Waals surface area (Å²) in [5, 5.41) is 0. The van der Waals surface area contributed by atoms with Crippen molar-refractivity contribution in [2.24, 2.45) is 5.73 Å². The van der Waals surface area contributed by atoms with Crippen molar-refractivity contribution in [3.05, 3.63) is 34.4 Å². The molecule has 1 saturated heterocycles. The Hall–Kier alpha value is -0.900. The number of rotatable bonds is 3. The maximum atomic E-state index is 6.45. The molecule has 1 aliphatic rings. The fourth-order valence-corrected chi connectivity index (χ4v) is 3.13. The van der Waals surface area contributed by atoms with Crippen LogP contribution in [0.4, 0.5) is 0 Å². The quantitative estimate of drug-likeness (QED) is 0.908. The van der Waals surface area contributed by atoms with E-state index in [0.717, 1.165) is 39.3 Å². The second-order valence-electron chi connectivity index (χ2n) is 5.69. The average Bonchev–Trinajstić information content (AvgIpc) is 2.56. The van der Waals surface area contributed by atoms with Crippen molar-refractivity contribution in [2.45, 2.75) is 33.2 Å². The summed E-state index contributed by atoms with van der Waals surface area (Å²) in [6, 6.07) is 4.56. The van der Waals surface area contributed by atoms with Gasteiger partial charge in [-0.1, -0.05) is 17.7 Å². The summed E-state index contributed by atoms with van der Waals surface area (Å²) in [5.41, 5.74) is 11.7. The highest BCUT2D eigenvalue weighted by Gasteiger charge is 2.17. The van der Waals surface area contributed by atoms with Gasteiger partial charge >= 0.3 is 0 Å². The monoisotopic (exact) mass is 262 g/mol. The predicted octanol–water partition coefficient (Wildman–Crippen LogP) is 2.33. The molecule has 0 aromatic heterocycles. The van der Waals surface area contributed by atoms with Crippen LogP contribution in [0.25, 0.3) is 0 Å². The number of hydrogen-bond donors (Lipinski definition) is 1. The molecule has 1 aromatic rings. The van der Waals surface area contributed by atoms with Gasteiger partial charge in [-0.25, -0.2) is 0 Å². The van der Waals surface area contributed by atoms with E-state index in [0.29, 0.717) is 0 Å². The fourth-order valence-electron chi connectivity index (χ4n) is 3.13. The first-order valence-electron chi connectivity index (χ1n) is 7.21. The molecule has 1 atom stereocenters. The molecular formula is C16H26N2O. The first-order chi connectivity index (χ1) is 9.08. The standard InChI is InChI=1S/C16H26N2O/c1-12-9-13(2)16(14(3)10-12)15(17)11-18-5-4-7-19-8-6-18/h9-10,15H,4-8,11,17H2,1-3H3. The molecule has 19 heavy (non-hydrogen) atoms. The Balaban J connectivity index is 2.08. The second kappa shape index (κ2) is 6.51. The highest BCUT2D eigenvalue weighted by atomic mass is 16.5. The molecule has 0 radical (unpaired) electrons. The van der Waals surface area contributed by atoms with Gasteiger partial charge in [0.1, 0.15) is 0 Å². The second-order valence-corrected chi connectivity index (χ2v) is 5.69. The van der Waals surface area contributed by atoms with Crippen LogP contribution in [0.5, 0.6) is 0 Å². The number of nitrogens with zero attached hydrogens (tertiary/aromatic N) is 1. The third-order valence-corrected chi connectivity index (χ3v) is 3.88. The molecule has 1 aromatic carbocycles. The van der Waals surface area contributed by atoms with Crippen LogP contribution in [0.2, 0.25) is 0 Å². The normalized spacial score (nSPS) is 19.2. The van der Waals surface area contributed by atoms with Crippen LogP contribution in [-0.2, 0) is 4.74 Å². The van der Waals surface area contributed by atoms with Crippen molar-refractivity contribution < 1.29 is 4.74 Å². The summed E-state index contributed by atoms with van der Waals surface area (Å²) in [4.78, 5) is 2.43. The Kier molecular flexibility index (Phi) is 4.97. The van der Waals surface area contributed by atoms with Crippen LogP contribution in [0, 0.1) is 20.8 Å². The van der Waals surface area contributed by atoms with Gasteiger partial charge in [-0.15, -0.1) is 0 Å². The van der Waals surface area contributed by atoms with Crippen LogP contribution < -0.4 is 5.73 Å². The minimum atomic E-state index is 0.0960. The molecule has 2 rings (SSSR count). The Morgan fingerprint density at radius 3 is 2.53 bits per heavy atom. The number of hydrogen-bond acceptors (Lipinski definition) is 3. The van der Waals surface area contributed by atoms with E-state index in [1.807, 2.05) is 0 Å². The first kappa shape index (κ1) is 14.5. The molecule has 2 N–H and O–H groups in total. The summed E-state index contributed by atoms with van der Waals surface area (Å²) in [7, 11) is 0. The van der Waals surface area contributed by atoms with Crippen LogP contribution >= 0.6 is 0 Å². The number of ether oxygens (including phenoxy) is 1. The molecule has 1 heterocycles. The van der Waals surface area contributed by atoms with E-state index in [2.05, 4.69) is 37.8 Å². The van der Waals surface area contributed by atoms with Gasteiger partial charge in [0, 0.05) is 32.3 Å². The molecule has 0 bridgehead atoms. The van der Waals surface area contributed by atoms with Crippen molar-refractivity contribution in [1.29, 1.82) is 0 Å².